The monoisotopic (exact) mass is 242 g/mol. The summed E-state index contributed by atoms with van der Waals surface area (Å²) in [5, 5.41) is 8.47. The third-order valence-corrected chi connectivity index (χ3v) is 2.52. The molecule has 4 nitrogen and oxygen atoms in total. The van der Waals surface area contributed by atoms with Crippen molar-refractivity contribution < 1.29 is 9.47 Å². The average molecular weight is 242 g/mol. The Hall–Kier alpha value is -0.630. The van der Waals surface area contributed by atoms with Gasteiger partial charge in [-0.15, -0.1) is 0 Å². The predicted octanol–water partition coefficient (Wildman–Crippen LogP) is 2.06. The number of hydrogen-bond donors (Lipinski definition) is 0. The van der Waals surface area contributed by atoms with E-state index in [4.69, 9.17) is 14.7 Å². The van der Waals surface area contributed by atoms with Crippen LogP contribution in [-0.2, 0) is 9.47 Å². The van der Waals surface area contributed by atoms with E-state index in [1.165, 1.54) is 0 Å². The zero-order valence-electron chi connectivity index (χ0n) is 11.3. The first kappa shape index (κ1) is 16.4. The molecule has 0 radical (unpaired) electrons. The molecule has 4 heteroatoms. The van der Waals surface area contributed by atoms with Crippen LogP contribution in [0.5, 0.6) is 0 Å². The first-order valence-electron chi connectivity index (χ1n) is 6.59. The van der Waals surface area contributed by atoms with Crippen LogP contribution >= 0.6 is 0 Å². The Balaban J connectivity index is 3.64. The summed E-state index contributed by atoms with van der Waals surface area (Å²) in [5.41, 5.74) is 0. The summed E-state index contributed by atoms with van der Waals surface area (Å²) in [5.74, 6) is 0. The van der Waals surface area contributed by atoms with Crippen LogP contribution in [-0.4, -0.2) is 51.0 Å². The zero-order chi connectivity index (χ0) is 12.8. The van der Waals surface area contributed by atoms with Gasteiger partial charge in [0.2, 0.25) is 0 Å². The molecule has 0 fully saturated rings. The zero-order valence-corrected chi connectivity index (χ0v) is 11.3. The molecule has 0 heterocycles. The molecule has 0 N–H and O–H groups in total. The van der Waals surface area contributed by atoms with Gasteiger partial charge < -0.3 is 9.47 Å². The fourth-order valence-electron chi connectivity index (χ4n) is 1.55. The second kappa shape index (κ2) is 13.4. The third kappa shape index (κ3) is 11.6. The molecule has 0 aliphatic rings. The smallest absolute Gasteiger partial charge is 0.0621 e. The maximum atomic E-state index is 8.47. The Morgan fingerprint density at radius 1 is 0.941 bits per heavy atom. The van der Waals surface area contributed by atoms with Gasteiger partial charge in [-0.3, -0.25) is 4.90 Å². The molecule has 0 unspecified atom stereocenters. The molecule has 0 aromatic carbocycles. The molecule has 0 aliphatic heterocycles. The highest BCUT2D eigenvalue weighted by Crippen LogP contribution is 1.98. The second-order valence-corrected chi connectivity index (χ2v) is 3.85. The van der Waals surface area contributed by atoms with Gasteiger partial charge in [-0.1, -0.05) is 0 Å². The average Bonchev–Trinajstić information content (AvgIpc) is 2.34. The summed E-state index contributed by atoms with van der Waals surface area (Å²) in [6.07, 6.45) is 2.72. The van der Waals surface area contributed by atoms with Gasteiger partial charge in [0.1, 0.15) is 0 Å². The number of nitrogens with zero attached hydrogens (tertiary/aromatic N) is 2. The van der Waals surface area contributed by atoms with Crippen LogP contribution < -0.4 is 0 Å². The van der Waals surface area contributed by atoms with Crippen molar-refractivity contribution in [3.05, 3.63) is 0 Å². The highest BCUT2D eigenvalue weighted by atomic mass is 16.5. The topological polar surface area (TPSA) is 45.5 Å². The highest BCUT2D eigenvalue weighted by molar-refractivity contribution is 4.69. The Bertz CT molecular complexity index is 182. The molecule has 0 aliphatic carbocycles. The van der Waals surface area contributed by atoms with Crippen LogP contribution in [0.4, 0.5) is 0 Å². The fourth-order valence-corrected chi connectivity index (χ4v) is 1.55. The molecule has 0 saturated carbocycles. The molecule has 0 bridgehead atoms. The van der Waals surface area contributed by atoms with E-state index in [1.54, 1.807) is 0 Å². The normalized spacial score (nSPS) is 10.7. The summed E-state index contributed by atoms with van der Waals surface area (Å²) >= 11 is 0. The van der Waals surface area contributed by atoms with Gasteiger partial charge in [-0.05, 0) is 33.2 Å². The molecule has 0 aromatic rings. The molecule has 0 spiro atoms. The van der Waals surface area contributed by atoms with Crippen LogP contribution in [0.15, 0.2) is 0 Å². The van der Waals surface area contributed by atoms with Gasteiger partial charge in [0.05, 0.1) is 19.3 Å². The first-order chi connectivity index (χ1) is 8.35. The van der Waals surface area contributed by atoms with E-state index in [0.717, 1.165) is 58.9 Å². The molecule has 100 valence electrons. The minimum absolute atomic E-state index is 0.658. The number of rotatable bonds is 12. The molecule has 0 amide bonds. The maximum absolute atomic E-state index is 8.47. The lowest BCUT2D eigenvalue weighted by Crippen LogP contribution is -2.32. The number of ether oxygens (including phenoxy) is 2. The Morgan fingerprint density at radius 3 is 2.00 bits per heavy atom. The molecule has 0 rings (SSSR count). The van der Waals surface area contributed by atoms with Crippen molar-refractivity contribution in [2.75, 3.05) is 46.1 Å². The SMILES string of the molecule is CCOCCN(CCCCC#N)CCOCC. The van der Waals surface area contributed by atoms with E-state index < -0.39 is 0 Å². The molecular weight excluding hydrogens is 216 g/mol. The minimum atomic E-state index is 0.658. The summed E-state index contributed by atoms with van der Waals surface area (Å²) in [4.78, 5) is 2.35. The van der Waals surface area contributed by atoms with Crippen LogP contribution in [0.2, 0.25) is 0 Å². The van der Waals surface area contributed by atoms with E-state index in [0.29, 0.717) is 6.42 Å². The Kier molecular flexibility index (Phi) is 12.9. The van der Waals surface area contributed by atoms with E-state index in [1.807, 2.05) is 13.8 Å². The van der Waals surface area contributed by atoms with Crippen molar-refractivity contribution in [1.82, 2.24) is 4.90 Å². The van der Waals surface area contributed by atoms with Crippen molar-refractivity contribution in [2.45, 2.75) is 33.1 Å². The van der Waals surface area contributed by atoms with Crippen LogP contribution in [0.3, 0.4) is 0 Å². The van der Waals surface area contributed by atoms with Crippen LogP contribution in [0.25, 0.3) is 0 Å². The first-order valence-corrected chi connectivity index (χ1v) is 6.59. The summed E-state index contributed by atoms with van der Waals surface area (Å²) in [7, 11) is 0. The molecule has 0 saturated heterocycles. The maximum Gasteiger partial charge on any atom is 0.0621 e. The van der Waals surface area contributed by atoms with Gasteiger partial charge in [0.25, 0.3) is 0 Å². The lowest BCUT2D eigenvalue weighted by atomic mass is 10.2. The van der Waals surface area contributed by atoms with Gasteiger partial charge in [-0.2, -0.15) is 5.26 Å². The largest absolute Gasteiger partial charge is 0.380 e. The van der Waals surface area contributed by atoms with Crippen LogP contribution in [0.1, 0.15) is 33.1 Å². The molecule has 17 heavy (non-hydrogen) atoms. The standard InChI is InChI=1S/C13H26N2O2/c1-3-16-12-10-15(11-13-17-4-2)9-7-5-6-8-14/h3-7,9-13H2,1-2H3. The molecular formula is C13H26N2O2. The quantitative estimate of drug-likeness (QED) is 0.491. The molecule has 0 atom stereocenters. The summed E-state index contributed by atoms with van der Waals surface area (Å²) in [6, 6.07) is 2.18. The number of hydrogen-bond acceptors (Lipinski definition) is 4. The van der Waals surface area contributed by atoms with Gasteiger partial charge in [-0.25, -0.2) is 0 Å². The van der Waals surface area contributed by atoms with E-state index in [-0.39, 0.29) is 0 Å². The lowest BCUT2D eigenvalue weighted by molar-refractivity contribution is 0.0821. The Labute approximate surface area is 105 Å². The predicted molar refractivity (Wildman–Crippen MR) is 68.9 cm³/mol. The fraction of sp³-hybridized carbons (Fsp3) is 0.923. The van der Waals surface area contributed by atoms with E-state index in [9.17, 15) is 0 Å². The number of nitriles is 1. The lowest BCUT2D eigenvalue weighted by Gasteiger charge is -2.21. The number of unbranched alkanes of at least 4 members (excludes halogenated alkanes) is 2. The summed E-state index contributed by atoms with van der Waals surface area (Å²) in [6.45, 7) is 10.1. The highest BCUT2D eigenvalue weighted by Gasteiger charge is 2.04. The molecule has 0 aromatic heterocycles. The van der Waals surface area contributed by atoms with Gasteiger partial charge in [0.15, 0.2) is 0 Å². The van der Waals surface area contributed by atoms with Gasteiger partial charge in [0, 0.05) is 32.7 Å². The Morgan fingerprint density at radius 2 is 1.53 bits per heavy atom. The van der Waals surface area contributed by atoms with E-state index in [2.05, 4.69) is 11.0 Å². The van der Waals surface area contributed by atoms with Crippen molar-refractivity contribution in [3.63, 3.8) is 0 Å². The third-order valence-electron chi connectivity index (χ3n) is 2.52. The van der Waals surface area contributed by atoms with E-state index >= 15 is 0 Å². The van der Waals surface area contributed by atoms with Crippen molar-refractivity contribution in [1.29, 1.82) is 5.26 Å². The second-order valence-electron chi connectivity index (χ2n) is 3.85. The van der Waals surface area contributed by atoms with Crippen molar-refractivity contribution >= 4 is 0 Å². The van der Waals surface area contributed by atoms with Crippen LogP contribution in [0, 0.1) is 11.3 Å². The van der Waals surface area contributed by atoms with Gasteiger partial charge >= 0.3 is 0 Å². The van der Waals surface area contributed by atoms with Crippen molar-refractivity contribution in [3.8, 4) is 6.07 Å². The summed E-state index contributed by atoms with van der Waals surface area (Å²) < 4.78 is 10.7. The minimum Gasteiger partial charge on any atom is -0.380 e. The van der Waals surface area contributed by atoms with Crippen molar-refractivity contribution in [2.24, 2.45) is 0 Å².